The monoisotopic (exact) mass is 366 g/mol. The van der Waals surface area contributed by atoms with Gasteiger partial charge in [0.05, 0.1) is 0 Å². The number of rotatable bonds is 5. The lowest BCUT2D eigenvalue weighted by atomic mass is 10.1. The van der Waals surface area contributed by atoms with Crippen molar-refractivity contribution in [3.05, 3.63) is 89.2 Å². The van der Waals surface area contributed by atoms with Crippen molar-refractivity contribution in [1.82, 2.24) is 0 Å². The van der Waals surface area contributed by atoms with Crippen molar-refractivity contribution in [2.75, 3.05) is 10.0 Å². The Balaban J connectivity index is 1.61. The zero-order chi connectivity index (χ0) is 18.5. The molecule has 0 aliphatic rings. The molecule has 132 valence electrons. The molecule has 0 aliphatic heterocycles. The highest BCUT2D eigenvalue weighted by Gasteiger charge is 2.08. The van der Waals surface area contributed by atoms with Crippen LogP contribution < -0.4 is 10.0 Å². The number of aryl methyl sites for hydroxylation is 2. The summed E-state index contributed by atoms with van der Waals surface area (Å²) in [5, 5.41) is 2.94. The fraction of sp³-hybridized carbons (Fsp3) is 0.0952. The summed E-state index contributed by atoms with van der Waals surface area (Å²) in [6, 6.07) is 19.4. The molecule has 3 aromatic carbocycles. The zero-order valence-corrected chi connectivity index (χ0v) is 15.4. The van der Waals surface area contributed by atoms with Crippen LogP contribution in [0.2, 0.25) is 0 Å². The van der Waals surface area contributed by atoms with Gasteiger partial charge < -0.3 is 10.0 Å². The van der Waals surface area contributed by atoms with Crippen molar-refractivity contribution in [1.29, 1.82) is 0 Å². The SMILES string of the molecule is Cc1ccc(NC(=O)c2ccc(NSc3ccc(F)cc3)cc2)c(C)c1. The van der Waals surface area contributed by atoms with Gasteiger partial charge in [0.1, 0.15) is 5.82 Å². The van der Waals surface area contributed by atoms with Crippen LogP contribution in [0.5, 0.6) is 0 Å². The third-order valence-corrected chi connectivity index (χ3v) is 4.72. The van der Waals surface area contributed by atoms with E-state index >= 15 is 0 Å². The zero-order valence-electron chi connectivity index (χ0n) is 14.5. The van der Waals surface area contributed by atoms with E-state index in [1.54, 1.807) is 24.3 Å². The second kappa shape index (κ2) is 8.06. The standard InChI is InChI=1S/C21H19FN2OS/c1-14-3-12-20(15(2)13-14)23-21(25)16-4-8-18(9-5-16)24-26-19-10-6-17(22)7-11-19/h3-13,24H,1-2H3,(H,23,25). The van der Waals surface area contributed by atoms with Crippen LogP contribution in [0.15, 0.2) is 71.6 Å². The fourth-order valence-electron chi connectivity index (χ4n) is 2.46. The predicted molar refractivity (Wildman–Crippen MR) is 106 cm³/mol. The van der Waals surface area contributed by atoms with E-state index in [0.717, 1.165) is 27.4 Å². The first-order valence-electron chi connectivity index (χ1n) is 8.18. The minimum Gasteiger partial charge on any atom is -0.326 e. The van der Waals surface area contributed by atoms with E-state index in [1.807, 2.05) is 44.2 Å². The molecule has 0 aliphatic carbocycles. The quantitative estimate of drug-likeness (QED) is 0.560. The Labute approximate surface area is 156 Å². The number of halogens is 1. The number of nitrogens with one attached hydrogen (secondary N) is 2. The van der Waals surface area contributed by atoms with Gasteiger partial charge in [-0.1, -0.05) is 17.7 Å². The molecular formula is C21H19FN2OS. The van der Waals surface area contributed by atoms with Crippen molar-refractivity contribution >= 4 is 29.2 Å². The Hall–Kier alpha value is -2.79. The molecule has 0 saturated carbocycles. The fourth-order valence-corrected chi connectivity index (χ4v) is 3.10. The highest BCUT2D eigenvalue weighted by atomic mass is 32.2. The molecule has 0 atom stereocenters. The van der Waals surface area contributed by atoms with Gasteiger partial charge in [0, 0.05) is 21.8 Å². The van der Waals surface area contributed by atoms with E-state index in [2.05, 4.69) is 10.0 Å². The van der Waals surface area contributed by atoms with Gasteiger partial charge in [-0.15, -0.1) is 0 Å². The van der Waals surface area contributed by atoms with Crippen molar-refractivity contribution in [2.24, 2.45) is 0 Å². The lowest BCUT2D eigenvalue weighted by molar-refractivity contribution is 0.102. The van der Waals surface area contributed by atoms with Crippen LogP contribution >= 0.6 is 11.9 Å². The van der Waals surface area contributed by atoms with Gasteiger partial charge >= 0.3 is 0 Å². The summed E-state index contributed by atoms with van der Waals surface area (Å²) in [5.74, 6) is -0.400. The molecule has 3 rings (SSSR count). The second-order valence-electron chi connectivity index (χ2n) is 6.01. The molecular weight excluding hydrogens is 347 g/mol. The summed E-state index contributed by atoms with van der Waals surface area (Å²) in [6.07, 6.45) is 0. The lowest BCUT2D eigenvalue weighted by Gasteiger charge is -2.10. The number of hydrogen-bond acceptors (Lipinski definition) is 3. The van der Waals surface area contributed by atoms with Crippen LogP contribution in [-0.4, -0.2) is 5.91 Å². The third kappa shape index (κ3) is 4.64. The van der Waals surface area contributed by atoms with Crippen molar-refractivity contribution in [2.45, 2.75) is 18.7 Å². The molecule has 5 heteroatoms. The molecule has 0 bridgehead atoms. The second-order valence-corrected chi connectivity index (χ2v) is 6.89. The molecule has 26 heavy (non-hydrogen) atoms. The van der Waals surface area contributed by atoms with Gasteiger partial charge in [0.2, 0.25) is 0 Å². The van der Waals surface area contributed by atoms with Gasteiger partial charge in [-0.25, -0.2) is 4.39 Å². The first kappa shape index (κ1) is 18.0. The van der Waals surface area contributed by atoms with Crippen molar-refractivity contribution in [3.8, 4) is 0 Å². The van der Waals surface area contributed by atoms with Gasteiger partial charge in [-0.05, 0) is 86.0 Å². The number of carbonyl (C=O) groups excluding carboxylic acids is 1. The van der Waals surface area contributed by atoms with E-state index < -0.39 is 0 Å². The summed E-state index contributed by atoms with van der Waals surface area (Å²) >= 11 is 1.39. The molecule has 3 aromatic rings. The maximum absolute atomic E-state index is 12.9. The van der Waals surface area contributed by atoms with E-state index in [1.165, 1.54) is 24.1 Å². The van der Waals surface area contributed by atoms with Gasteiger partial charge in [-0.3, -0.25) is 4.79 Å². The summed E-state index contributed by atoms with van der Waals surface area (Å²) in [7, 11) is 0. The molecule has 0 heterocycles. The summed E-state index contributed by atoms with van der Waals surface area (Å²) in [5.41, 5.74) is 4.46. The number of hydrogen-bond donors (Lipinski definition) is 2. The average Bonchev–Trinajstić information content (AvgIpc) is 2.64. The maximum Gasteiger partial charge on any atom is 0.255 e. The smallest absolute Gasteiger partial charge is 0.255 e. The molecule has 0 spiro atoms. The Morgan fingerprint density at radius 1 is 0.923 bits per heavy atom. The largest absolute Gasteiger partial charge is 0.326 e. The Morgan fingerprint density at radius 2 is 1.62 bits per heavy atom. The Bertz CT molecular complexity index is 908. The van der Waals surface area contributed by atoms with Crippen LogP contribution in [0, 0.1) is 19.7 Å². The van der Waals surface area contributed by atoms with E-state index in [9.17, 15) is 9.18 Å². The molecule has 0 aromatic heterocycles. The number of benzene rings is 3. The average molecular weight is 366 g/mol. The lowest BCUT2D eigenvalue weighted by Crippen LogP contribution is -2.12. The van der Waals surface area contributed by atoms with Crippen LogP contribution in [0.4, 0.5) is 15.8 Å². The van der Waals surface area contributed by atoms with E-state index in [4.69, 9.17) is 0 Å². The molecule has 0 fully saturated rings. The maximum atomic E-state index is 12.9. The Morgan fingerprint density at radius 3 is 2.27 bits per heavy atom. The van der Waals surface area contributed by atoms with Crippen molar-refractivity contribution < 1.29 is 9.18 Å². The Kier molecular flexibility index (Phi) is 5.58. The molecule has 0 saturated heterocycles. The minimum atomic E-state index is -0.256. The molecule has 2 N–H and O–H groups in total. The molecule has 1 amide bonds. The minimum absolute atomic E-state index is 0.144. The molecule has 0 radical (unpaired) electrons. The number of anilines is 2. The van der Waals surface area contributed by atoms with Crippen LogP contribution in [-0.2, 0) is 0 Å². The highest BCUT2D eigenvalue weighted by molar-refractivity contribution is 8.00. The predicted octanol–water partition coefficient (Wildman–Crippen LogP) is 5.81. The molecule has 0 unspecified atom stereocenters. The van der Waals surface area contributed by atoms with Gasteiger partial charge in [0.25, 0.3) is 5.91 Å². The summed E-state index contributed by atoms with van der Waals surface area (Å²) in [4.78, 5) is 13.3. The van der Waals surface area contributed by atoms with Crippen LogP contribution in [0.25, 0.3) is 0 Å². The van der Waals surface area contributed by atoms with Crippen LogP contribution in [0.1, 0.15) is 21.5 Å². The van der Waals surface area contributed by atoms with E-state index in [-0.39, 0.29) is 11.7 Å². The first-order valence-corrected chi connectivity index (χ1v) is 9.00. The van der Waals surface area contributed by atoms with Gasteiger partial charge in [-0.2, -0.15) is 0 Å². The van der Waals surface area contributed by atoms with Crippen molar-refractivity contribution in [3.63, 3.8) is 0 Å². The highest BCUT2D eigenvalue weighted by Crippen LogP contribution is 2.22. The molecule has 3 nitrogen and oxygen atoms in total. The normalized spacial score (nSPS) is 10.4. The summed E-state index contributed by atoms with van der Waals surface area (Å²) in [6.45, 7) is 4.00. The third-order valence-electron chi connectivity index (χ3n) is 3.88. The van der Waals surface area contributed by atoms with Crippen LogP contribution in [0.3, 0.4) is 0 Å². The summed E-state index contributed by atoms with van der Waals surface area (Å²) < 4.78 is 16.1. The number of amides is 1. The first-order chi connectivity index (χ1) is 12.5. The van der Waals surface area contributed by atoms with E-state index in [0.29, 0.717) is 5.56 Å². The number of carbonyl (C=O) groups is 1. The topological polar surface area (TPSA) is 41.1 Å². The van der Waals surface area contributed by atoms with Gasteiger partial charge in [0.15, 0.2) is 0 Å².